The summed E-state index contributed by atoms with van der Waals surface area (Å²) in [5.74, 6) is -2.44. The highest BCUT2D eigenvalue weighted by Gasteiger charge is 2.38. The van der Waals surface area contributed by atoms with Gasteiger partial charge in [0.1, 0.15) is 5.82 Å². The zero-order valence-corrected chi connectivity index (χ0v) is 8.36. The summed E-state index contributed by atoms with van der Waals surface area (Å²) in [7, 11) is 0. The molecular formula is C10H9F4NO. The number of aryl methyl sites for hydroxylation is 1. The summed E-state index contributed by atoms with van der Waals surface area (Å²) in [5, 5.41) is 1.70. The topological polar surface area (TPSA) is 29.1 Å². The third-order valence-corrected chi connectivity index (χ3v) is 1.93. The van der Waals surface area contributed by atoms with Crippen LogP contribution in [-0.2, 0) is 11.3 Å². The fraction of sp³-hybridized carbons (Fsp3) is 0.300. The summed E-state index contributed by atoms with van der Waals surface area (Å²) in [6, 6.07) is 3.84. The van der Waals surface area contributed by atoms with Crippen molar-refractivity contribution in [2.75, 3.05) is 0 Å². The zero-order chi connectivity index (χ0) is 12.3. The van der Waals surface area contributed by atoms with Gasteiger partial charge in [-0.2, -0.15) is 13.2 Å². The Balaban J connectivity index is 2.62. The minimum atomic E-state index is -4.89. The molecule has 0 aromatic heterocycles. The van der Waals surface area contributed by atoms with Crippen molar-refractivity contribution in [2.24, 2.45) is 0 Å². The highest BCUT2D eigenvalue weighted by Crippen LogP contribution is 2.15. The van der Waals surface area contributed by atoms with E-state index in [0.717, 1.165) is 6.07 Å². The minimum absolute atomic E-state index is 0.278. The maximum Gasteiger partial charge on any atom is 0.471 e. The summed E-state index contributed by atoms with van der Waals surface area (Å²) in [5.41, 5.74) is 0.732. The molecule has 1 N–H and O–H groups in total. The standard InChI is InChI=1S/C10H9F4NO/c1-6-4-7(2-3-8(6)11)5-15-9(16)10(12,13)14/h2-4H,5H2,1H3,(H,15,16). The van der Waals surface area contributed by atoms with Crippen molar-refractivity contribution in [3.63, 3.8) is 0 Å². The second-order valence-corrected chi connectivity index (χ2v) is 3.26. The molecule has 1 rings (SSSR count). The highest BCUT2D eigenvalue weighted by atomic mass is 19.4. The first-order chi connectivity index (χ1) is 7.30. The first-order valence-electron chi connectivity index (χ1n) is 4.41. The number of carbonyl (C=O) groups excluding carboxylic acids is 1. The summed E-state index contributed by atoms with van der Waals surface area (Å²) in [6.45, 7) is 1.21. The predicted molar refractivity (Wildman–Crippen MR) is 49.0 cm³/mol. The molecule has 0 aliphatic carbocycles. The second kappa shape index (κ2) is 4.51. The van der Waals surface area contributed by atoms with Gasteiger partial charge in [0.25, 0.3) is 0 Å². The number of amides is 1. The molecule has 0 unspecified atom stereocenters. The third-order valence-electron chi connectivity index (χ3n) is 1.93. The lowest BCUT2D eigenvalue weighted by Crippen LogP contribution is -2.36. The number of hydrogen-bond donors (Lipinski definition) is 1. The quantitative estimate of drug-likeness (QED) is 0.783. The molecule has 0 fully saturated rings. The number of nitrogens with one attached hydrogen (secondary N) is 1. The normalized spacial score (nSPS) is 11.3. The highest BCUT2D eigenvalue weighted by molar-refractivity contribution is 5.81. The fourth-order valence-corrected chi connectivity index (χ4v) is 1.10. The SMILES string of the molecule is Cc1cc(CNC(=O)C(F)(F)F)ccc1F. The first kappa shape index (κ1) is 12.5. The number of rotatable bonds is 2. The Kier molecular flexibility index (Phi) is 3.51. The Morgan fingerprint density at radius 3 is 2.50 bits per heavy atom. The van der Waals surface area contributed by atoms with E-state index in [0.29, 0.717) is 11.1 Å². The van der Waals surface area contributed by atoms with E-state index in [1.807, 2.05) is 0 Å². The molecule has 16 heavy (non-hydrogen) atoms. The zero-order valence-electron chi connectivity index (χ0n) is 8.36. The van der Waals surface area contributed by atoms with Crippen LogP contribution in [0.25, 0.3) is 0 Å². The van der Waals surface area contributed by atoms with Crippen molar-refractivity contribution in [3.05, 3.63) is 35.1 Å². The number of benzene rings is 1. The Labute approximate surface area is 89.3 Å². The molecular weight excluding hydrogens is 226 g/mol. The maximum absolute atomic E-state index is 12.8. The van der Waals surface area contributed by atoms with Gasteiger partial charge in [-0.1, -0.05) is 12.1 Å². The van der Waals surface area contributed by atoms with E-state index < -0.39 is 17.9 Å². The van der Waals surface area contributed by atoms with Crippen molar-refractivity contribution in [3.8, 4) is 0 Å². The number of carbonyl (C=O) groups is 1. The summed E-state index contributed by atoms with van der Waals surface area (Å²) in [6.07, 6.45) is -4.89. The van der Waals surface area contributed by atoms with Gasteiger partial charge in [-0.25, -0.2) is 4.39 Å². The van der Waals surface area contributed by atoms with Crippen LogP contribution in [-0.4, -0.2) is 12.1 Å². The van der Waals surface area contributed by atoms with Crippen molar-refractivity contribution in [1.29, 1.82) is 0 Å². The summed E-state index contributed by atoms with van der Waals surface area (Å²) < 4.78 is 48.3. The Morgan fingerprint density at radius 2 is 2.00 bits per heavy atom. The van der Waals surface area contributed by atoms with E-state index in [2.05, 4.69) is 0 Å². The van der Waals surface area contributed by atoms with E-state index >= 15 is 0 Å². The monoisotopic (exact) mass is 235 g/mol. The Hall–Kier alpha value is -1.59. The van der Waals surface area contributed by atoms with Crippen LogP contribution in [0.5, 0.6) is 0 Å². The lowest BCUT2D eigenvalue weighted by atomic mass is 10.1. The summed E-state index contributed by atoms with van der Waals surface area (Å²) >= 11 is 0. The van der Waals surface area contributed by atoms with E-state index in [9.17, 15) is 22.4 Å². The average Bonchev–Trinajstić information content (AvgIpc) is 2.18. The van der Waals surface area contributed by atoms with Gasteiger partial charge in [-0.3, -0.25) is 4.79 Å². The van der Waals surface area contributed by atoms with Gasteiger partial charge in [-0.15, -0.1) is 0 Å². The first-order valence-corrected chi connectivity index (χ1v) is 4.41. The van der Waals surface area contributed by atoms with Crippen LogP contribution in [0.3, 0.4) is 0 Å². The Morgan fingerprint density at radius 1 is 1.38 bits per heavy atom. The van der Waals surface area contributed by atoms with Gasteiger partial charge in [0.2, 0.25) is 0 Å². The molecule has 0 atom stereocenters. The predicted octanol–water partition coefficient (Wildman–Crippen LogP) is 2.31. The Bertz CT molecular complexity index is 400. The molecule has 0 spiro atoms. The van der Waals surface area contributed by atoms with Gasteiger partial charge < -0.3 is 5.32 Å². The maximum atomic E-state index is 12.8. The smallest absolute Gasteiger partial charge is 0.344 e. The average molecular weight is 235 g/mol. The molecule has 6 heteroatoms. The minimum Gasteiger partial charge on any atom is -0.344 e. The van der Waals surface area contributed by atoms with E-state index in [1.165, 1.54) is 19.1 Å². The molecule has 0 radical (unpaired) electrons. The molecule has 0 heterocycles. The van der Waals surface area contributed by atoms with Crippen molar-refractivity contribution < 1.29 is 22.4 Å². The van der Waals surface area contributed by atoms with Crippen LogP contribution in [0.15, 0.2) is 18.2 Å². The number of halogens is 4. The van der Waals surface area contributed by atoms with Gasteiger partial charge in [0.15, 0.2) is 0 Å². The van der Waals surface area contributed by atoms with Crippen molar-refractivity contribution in [1.82, 2.24) is 5.32 Å². The fourth-order valence-electron chi connectivity index (χ4n) is 1.10. The molecule has 0 saturated carbocycles. The van der Waals surface area contributed by atoms with Crippen molar-refractivity contribution in [2.45, 2.75) is 19.6 Å². The van der Waals surface area contributed by atoms with E-state index in [1.54, 1.807) is 5.32 Å². The van der Waals surface area contributed by atoms with Crippen LogP contribution in [0.2, 0.25) is 0 Å². The molecule has 1 aromatic carbocycles. The number of hydrogen-bond acceptors (Lipinski definition) is 1. The lowest BCUT2D eigenvalue weighted by Gasteiger charge is -2.08. The molecule has 0 aliphatic rings. The van der Waals surface area contributed by atoms with Gasteiger partial charge in [0.05, 0.1) is 0 Å². The second-order valence-electron chi connectivity index (χ2n) is 3.26. The van der Waals surface area contributed by atoms with Crippen LogP contribution >= 0.6 is 0 Å². The van der Waals surface area contributed by atoms with E-state index in [4.69, 9.17) is 0 Å². The van der Waals surface area contributed by atoms with Gasteiger partial charge >= 0.3 is 12.1 Å². The molecule has 88 valence electrons. The molecule has 1 aromatic rings. The van der Waals surface area contributed by atoms with Crippen LogP contribution < -0.4 is 5.32 Å². The molecule has 2 nitrogen and oxygen atoms in total. The van der Waals surface area contributed by atoms with Crippen LogP contribution in [0.4, 0.5) is 17.6 Å². The van der Waals surface area contributed by atoms with Gasteiger partial charge in [-0.05, 0) is 24.1 Å². The lowest BCUT2D eigenvalue weighted by molar-refractivity contribution is -0.173. The van der Waals surface area contributed by atoms with E-state index in [-0.39, 0.29) is 6.54 Å². The van der Waals surface area contributed by atoms with Crippen LogP contribution in [0.1, 0.15) is 11.1 Å². The van der Waals surface area contributed by atoms with Crippen molar-refractivity contribution >= 4 is 5.91 Å². The van der Waals surface area contributed by atoms with Crippen LogP contribution in [0, 0.1) is 12.7 Å². The third kappa shape index (κ3) is 3.22. The molecule has 0 saturated heterocycles. The number of alkyl halides is 3. The van der Waals surface area contributed by atoms with Gasteiger partial charge in [0, 0.05) is 6.54 Å². The molecule has 0 bridgehead atoms. The largest absolute Gasteiger partial charge is 0.471 e. The summed E-state index contributed by atoms with van der Waals surface area (Å²) in [4.78, 5) is 10.5. The molecule has 1 amide bonds. The molecule has 0 aliphatic heterocycles.